The van der Waals surface area contributed by atoms with Gasteiger partial charge in [0.1, 0.15) is 0 Å². The van der Waals surface area contributed by atoms with Crippen LogP contribution >= 0.6 is 0 Å². The number of benzene rings is 1. The zero-order valence-corrected chi connectivity index (χ0v) is 12.2. The molecule has 4 heteroatoms. The number of aliphatic hydroxyl groups is 1. The predicted octanol–water partition coefficient (Wildman–Crippen LogP) is 3.09. The SMILES string of the molecule is CC(CO)CCCNC(=O)c1occc1-c1ccccc1. The van der Waals surface area contributed by atoms with E-state index in [4.69, 9.17) is 9.52 Å². The maximum absolute atomic E-state index is 12.2. The van der Waals surface area contributed by atoms with E-state index in [1.807, 2.05) is 37.3 Å². The summed E-state index contributed by atoms with van der Waals surface area (Å²) in [5.74, 6) is 0.414. The van der Waals surface area contributed by atoms with Gasteiger partial charge in [-0.2, -0.15) is 0 Å². The molecule has 0 radical (unpaired) electrons. The highest BCUT2D eigenvalue weighted by Crippen LogP contribution is 2.24. The minimum Gasteiger partial charge on any atom is -0.459 e. The molecule has 0 aliphatic carbocycles. The third kappa shape index (κ3) is 4.20. The summed E-state index contributed by atoms with van der Waals surface area (Å²) in [7, 11) is 0. The quantitative estimate of drug-likeness (QED) is 0.769. The van der Waals surface area contributed by atoms with E-state index in [-0.39, 0.29) is 18.4 Å². The molecule has 4 nitrogen and oxygen atoms in total. The average Bonchev–Trinajstić information content (AvgIpc) is 3.01. The Bertz CT molecular complexity index is 562. The number of rotatable bonds is 7. The molecule has 21 heavy (non-hydrogen) atoms. The molecule has 2 aromatic rings. The van der Waals surface area contributed by atoms with Gasteiger partial charge in [0.25, 0.3) is 5.91 Å². The first-order chi connectivity index (χ1) is 10.2. The molecule has 0 aliphatic heterocycles. The molecule has 2 rings (SSSR count). The van der Waals surface area contributed by atoms with Gasteiger partial charge in [-0.25, -0.2) is 0 Å². The Morgan fingerprint density at radius 3 is 2.76 bits per heavy atom. The van der Waals surface area contributed by atoms with Crippen molar-refractivity contribution in [3.63, 3.8) is 0 Å². The molecule has 0 spiro atoms. The van der Waals surface area contributed by atoms with E-state index in [1.165, 1.54) is 6.26 Å². The van der Waals surface area contributed by atoms with Gasteiger partial charge < -0.3 is 14.8 Å². The molecule has 1 aromatic carbocycles. The molecule has 0 saturated carbocycles. The molecule has 0 fully saturated rings. The van der Waals surface area contributed by atoms with Crippen molar-refractivity contribution in [3.8, 4) is 11.1 Å². The topological polar surface area (TPSA) is 62.5 Å². The average molecular weight is 287 g/mol. The first-order valence-electron chi connectivity index (χ1n) is 7.24. The molecular formula is C17H21NO3. The number of aliphatic hydroxyl groups excluding tert-OH is 1. The summed E-state index contributed by atoms with van der Waals surface area (Å²) >= 11 is 0. The highest BCUT2D eigenvalue weighted by Gasteiger charge is 2.16. The minimum absolute atomic E-state index is 0.185. The highest BCUT2D eigenvalue weighted by molar-refractivity contribution is 5.98. The molecule has 1 unspecified atom stereocenters. The van der Waals surface area contributed by atoms with E-state index in [0.29, 0.717) is 12.3 Å². The normalized spacial score (nSPS) is 12.1. The second-order valence-electron chi connectivity index (χ2n) is 5.22. The van der Waals surface area contributed by atoms with Crippen molar-refractivity contribution in [1.82, 2.24) is 5.32 Å². The maximum atomic E-state index is 12.2. The maximum Gasteiger partial charge on any atom is 0.287 e. The van der Waals surface area contributed by atoms with Crippen LogP contribution in [0, 0.1) is 5.92 Å². The van der Waals surface area contributed by atoms with Gasteiger partial charge >= 0.3 is 0 Å². The van der Waals surface area contributed by atoms with Crippen molar-refractivity contribution in [1.29, 1.82) is 0 Å². The zero-order chi connectivity index (χ0) is 15.1. The van der Waals surface area contributed by atoms with Crippen LogP contribution < -0.4 is 5.32 Å². The van der Waals surface area contributed by atoms with E-state index >= 15 is 0 Å². The second-order valence-corrected chi connectivity index (χ2v) is 5.22. The largest absolute Gasteiger partial charge is 0.459 e. The number of carbonyl (C=O) groups is 1. The Morgan fingerprint density at radius 2 is 2.05 bits per heavy atom. The Labute approximate surface area is 124 Å². The third-order valence-corrected chi connectivity index (χ3v) is 3.43. The van der Waals surface area contributed by atoms with Gasteiger partial charge in [-0.05, 0) is 30.4 Å². The summed E-state index contributed by atoms with van der Waals surface area (Å²) < 4.78 is 5.33. The molecule has 0 bridgehead atoms. The Balaban J connectivity index is 1.93. The number of furan rings is 1. The lowest BCUT2D eigenvalue weighted by Crippen LogP contribution is -2.25. The van der Waals surface area contributed by atoms with E-state index in [1.54, 1.807) is 6.07 Å². The lowest BCUT2D eigenvalue weighted by Gasteiger charge is -2.08. The van der Waals surface area contributed by atoms with Crippen molar-refractivity contribution in [2.45, 2.75) is 19.8 Å². The fourth-order valence-electron chi connectivity index (χ4n) is 2.15. The molecule has 2 N–H and O–H groups in total. The van der Waals surface area contributed by atoms with Crippen molar-refractivity contribution in [3.05, 3.63) is 48.4 Å². The third-order valence-electron chi connectivity index (χ3n) is 3.43. The number of hydrogen-bond donors (Lipinski definition) is 2. The fraction of sp³-hybridized carbons (Fsp3) is 0.353. The van der Waals surface area contributed by atoms with Gasteiger partial charge in [-0.15, -0.1) is 0 Å². The van der Waals surface area contributed by atoms with Crippen molar-refractivity contribution < 1.29 is 14.3 Å². The van der Waals surface area contributed by atoms with Crippen molar-refractivity contribution >= 4 is 5.91 Å². The van der Waals surface area contributed by atoms with Gasteiger partial charge in [0.2, 0.25) is 0 Å². The molecular weight excluding hydrogens is 266 g/mol. The molecule has 1 aromatic heterocycles. The summed E-state index contributed by atoms with van der Waals surface area (Å²) in [5, 5.41) is 11.8. The van der Waals surface area contributed by atoms with E-state index in [0.717, 1.165) is 24.0 Å². The standard InChI is InChI=1S/C17H21NO3/c1-13(12-19)6-5-10-18-17(20)16-15(9-11-21-16)14-7-3-2-4-8-14/h2-4,7-9,11,13,19H,5-6,10,12H2,1H3,(H,18,20). The summed E-state index contributed by atoms with van der Waals surface area (Å²) in [6, 6.07) is 11.5. The molecule has 112 valence electrons. The molecule has 1 amide bonds. The number of nitrogens with one attached hydrogen (secondary N) is 1. The highest BCUT2D eigenvalue weighted by atomic mass is 16.3. The Hall–Kier alpha value is -2.07. The zero-order valence-electron chi connectivity index (χ0n) is 12.2. The lowest BCUT2D eigenvalue weighted by molar-refractivity contribution is 0.0925. The van der Waals surface area contributed by atoms with Gasteiger partial charge in [0.05, 0.1) is 6.26 Å². The summed E-state index contributed by atoms with van der Waals surface area (Å²) in [5.41, 5.74) is 1.77. The molecule has 0 saturated heterocycles. The molecule has 0 aliphatic rings. The van der Waals surface area contributed by atoms with Crippen LogP contribution in [0.25, 0.3) is 11.1 Å². The lowest BCUT2D eigenvalue weighted by atomic mass is 10.1. The minimum atomic E-state index is -0.199. The summed E-state index contributed by atoms with van der Waals surface area (Å²) in [6.45, 7) is 2.75. The first kappa shape index (κ1) is 15.3. The van der Waals surface area contributed by atoms with E-state index in [9.17, 15) is 4.79 Å². The van der Waals surface area contributed by atoms with Gasteiger partial charge in [-0.1, -0.05) is 37.3 Å². The Morgan fingerprint density at radius 1 is 1.29 bits per heavy atom. The number of hydrogen-bond acceptors (Lipinski definition) is 3. The van der Waals surface area contributed by atoms with Gasteiger partial charge in [0, 0.05) is 18.7 Å². The predicted molar refractivity (Wildman–Crippen MR) is 82.0 cm³/mol. The van der Waals surface area contributed by atoms with Crippen LogP contribution in [0.1, 0.15) is 30.3 Å². The van der Waals surface area contributed by atoms with Gasteiger partial charge in [-0.3, -0.25) is 4.79 Å². The molecule has 1 atom stereocenters. The van der Waals surface area contributed by atoms with Crippen molar-refractivity contribution in [2.75, 3.05) is 13.2 Å². The Kier molecular flexibility index (Phi) is 5.58. The van der Waals surface area contributed by atoms with E-state index < -0.39 is 0 Å². The van der Waals surface area contributed by atoms with Crippen LogP contribution in [0.2, 0.25) is 0 Å². The van der Waals surface area contributed by atoms with Gasteiger partial charge in [0.15, 0.2) is 5.76 Å². The van der Waals surface area contributed by atoms with Crippen LogP contribution in [0.4, 0.5) is 0 Å². The monoisotopic (exact) mass is 287 g/mol. The first-order valence-corrected chi connectivity index (χ1v) is 7.24. The summed E-state index contributed by atoms with van der Waals surface area (Å²) in [6.07, 6.45) is 3.26. The van der Waals surface area contributed by atoms with Crippen LogP contribution in [-0.2, 0) is 0 Å². The summed E-state index contributed by atoms with van der Waals surface area (Å²) in [4.78, 5) is 12.2. The molecule has 1 heterocycles. The van der Waals surface area contributed by atoms with Crippen molar-refractivity contribution in [2.24, 2.45) is 5.92 Å². The number of carbonyl (C=O) groups excluding carboxylic acids is 1. The fourth-order valence-corrected chi connectivity index (χ4v) is 2.15. The number of amides is 1. The van der Waals surface area contributed by atoms with E-state index in [2.05, 4.69) is 5.32 Å². The van der Waals surface area contributed by atoms with Crippen LogP contribution in [0.5, 0.6) is 0 Å². The second kappa shape index (κ2) is 7.64. The van der Waals surface area contributed by atoms with Crippen LogP contribution in [-0.4, -0.2) is 24.2 Å². The van der Waals surface area contributed by atoms with Crippen LogP contribution in [0.3, 0.4) is 0 Å². The smallest absolute Gasteiger partial charge is 0.287 e. The van der Waals surface area contributed by atoms with Crippen LogP contribution in [0.15, 0.2) is 47.1 Å².